The number of carbonyl (C=O) groups excluding carboxylic acids is 2. The van der Waals surface area contributed by atoms with Crippen molar-refractivity contribution in [3.8, 4) is 17.0 Å². The summed E-state index contributed by atoms with van der Waals surface area (Å²) >= 11 is 0. The SMILES string of the molecule is COC(=O)CNC(=O)c1nc(-c2ccccc2OC)c2ccccn12. The first-order chi connectivity index (χ1) is 12.2. The topological polar surface area (TPSA) is 81.9 Å². The Morgan fingerprint density at radius 1 is 1.12 bits per heavy atom. The van der Waals surface area contributed by atoms with Crippen molar-refractivity contribution < 1.29 is 19.1 Å². The molecule has 7 heteroatoms. The number of rotatable bonds is 5. The molecule has 1 amide bonds. The number of methoxy groups -OCH3 is 2. The first kappa shape index (κ1) is 16.5. The van der Waals surface area contributed by atoms with Crippen molar-refractivity contribution in [2.24, 2.45) is 0 Å². The van der Waals surface area contributed by atoms with Gasteiger partial charge < -0.3 is 14.8 Å². The van der Waals surface area contributed by atoms with E-state index in [1.165, 1.54) is 7.11 Å². The highest BCUT2D eigenvalue weighted by Gasteiger charge is 2.20. The lowest BCUT2D eigenvalue weighted by Crippen LogP contribution is -2.31. The highest BCUT2D eigenvalue weighted by atomic mass is 16.5. The molecule has 128 valence electrons. The zero-order valence-corrected chi connectivity index (χ0v) is 13.9. The van der Waals surface area contributed by atoms with Gasteiger partial charge in [-0.25, -0.2) is 4.98 Å². The molecule has 0 fully saturated rings. The van der Waals surface area contributed by atoms with Crippen LogP contribution in [0, 0.1) is 0 Å². The summed E-state index contributed by atoms with van der Waals surface area (Å²) in [4.78, 5) is 28.2. The van der Waals surface area contributed by atoms with E-state index in [1.807, 2.05) is 36.4 Å². The molecule has 2 heterocycles. The molecule has 0 spiro atoms. The van der Waals surface area contributed by atoms with E-state index in [1.54, 1.807) is 23.8 Å². The third kappa shape index (κ3) is 3.16. The monoisotopic (exact) mass is 339 g/mol. The average Bonchev–Trinajstić information content (AvgIpc) is 3.05. The summed E-state index contributed by atoms with van der Waals surface area (Å²) in [5.74, 6) is -0.153. The van der Waals surface area contributed by atoms with E-state index < -0.39 is 11.9 Å². The molecule has 0 unspecified atom stereocenters. The molecule has 0 atom stereocenters. The first-order valence-corrected chi connectivity index (χ1v) is 7.61. The van der Waals surface area contributed by atoms with Crippen LogP contribution in [0.2, 0.25) is 0 Å². The second-order valence-corrected chi connectivity index (χ2v) is 5.20. The maximum atomic E-state index is 12.4. The van der Waals surface area contributed by atoms with Crippen molar-refractivity contribution >= 4 is 17.4 Å². The van der Waals surface area contributed by atoms with Gasteiger partial charge in [0.15, 0.2) is 0 Å². The molecule has 0 saturated carbocycles. The third-order valence-corrected chi connectivity index (χ3v) is 3.73. The number of ether oxygens (including phenoxy) is 2. The number of imidazole rings is 1. The fourth-order valence-corrected chi connectivity index (χ4v) is 2.54. The zero-order chi connectivity index (χ0) is 17.8. The Hall–Kier alpha value is -3.35. The van der Waals surface area contributed by atoms with Gasteiger partial charge in [0.25, 0.3) is 5.91 Å². The van der Waals surface area contributed by atoms with Crippen LogP contribution >= 0.6 is 0 Å². The fraction of sp³-hybridized carbons (Fsp3) is 0.167. The van der Waals surface area contributed by atoms with Gasteiger partial charge in [0.1, 0.15) is 18.0 Å². The maximum Gasteiger partial charge on any atom is 0.325 e. The minimum Gasteiger partial charge on any atom is -0.496 e. The second kappa shape index (κ2) is 7.04. The maximum absolute atomic E-state index is 12.4. The van der Waals surface area contributed by atoms with Gasteiger partial charge in [-0.05, 0) is 24.3 Å². The molecule has 2 aromatic heterocycles. The Morgan fingerprint density at radius 3 is 2.64 bits per heavy atom. The Bertz CT molecular complexity index is 933. The summed E-state index contributed by atoms with van der Waals surface area (Å²) in [5, 5.41) is 2.51. The van der Waals surface area contributed by atoms with Crippen LogP contribution in [-0.4, -0.2) is 42.0 Å². The summed E-state index contributed by atoms with van der Waals surface area (Å²) in [7, 11) is 2.85. The van der Waals surface area contributed by atoms with Crippen LogP contribution in [0.1, 0.15) is 10.6 Å². The summed E-state index contributed by atoms with van der Waals surface area (Å²) in [6.07, 6.45) is 1.74. The number of carbonyl (C=O) groups is 2. The van der Waals surface area contributed by atoms with Crippen LogP contribution in [0.5, 0.6) is 5.75 Å². The third-order valence-electron chi connectivity index (χ3n) is 3.73. The number of nitrogens with zero attached hydrogens (tertiary/aromatic N) is 2. The molecule has 0 aliphatic carbocycles. The molecule has 7 nitrogen and oxygen atoms in total. The summed E-state index contributed by atoms with van der Waals surface area (Å²) in [6, 6.07) is 13.0. The number of para-hydroxylation sites is 1. The van der Waals surface area contributed by atoms with Crippen LogP contribution in [0.25, 0.3) is 16.8 Å². The quantitative estimate of drug-likeness (QED) is 0.718. The van der Waals surface area contributed by atoms with Crippen molar-refractivity contribution in [3.63, 3.8) is 0 Å². The van der Waals surface area contributed by atoms with Crippen molar-refractivity contribution in [3.05, 3.63) is 54.5 Å². The van der Waals surface area contributed by atoms with E-state index in [0.29, 0.717) is 11.4 Å². The Morgan fingerprint density at radius 2 is 1.88 bits per heavy atom. The second-order valence-electron chi connectivity index (χ2n) is 5.20. The summed E-state index contributed by atoms with van der Waals surface area (Å²) in [6.45, 7) is -0.221. The molecule has 0 bridgehead atoms. The molecular weight excluding hydrogens is 322 g/mol. The van der Waals surface area contributed by atoms with Crippen LogP contribution < -0.4 is 10.1 Å². The predicted molar refractivity (Wildman–Crippen MR) is 91.5 cm³/mol. The van der Waals surface area contributed by atoms with Crippen LogP contribution in [-0.2, 0) is 9.53 Å². The highest BCUT2D eigenvalue weighted by Crippen LogP contribution is 2.32. The number of amides is 1. The number of benzene rings is 1. The first-order valence-electron chi connectivity index (χ1n) is 7.61. The number of aromatic nitrogens is 2. The van der Waals surface area contributed by atoms with E-state index in [0.717, 1.165) is 11.1 Å². The van der Waals surface area contributed by atoms with E-state index in [4.69, 9.17) is 4.74 Å². The molecule has 1 N–H and O–H groups in total. The number of nitrogens with one attached hydrogen (secondary N) is 1. The minimum atomic E-state index is -0.529. The van der Waals surface area contributed by atoms with Crippen molar-refractivity contribution in [1.82, 2.24) is 14.7 Å². The number of hydrogen-bond donors (Lipinski definition) is 1. The van der Waals surface area contributed by atoms with Crippen LogP contribution in [0.4, 0.5) is 0 Å². The van der Waals surface area contributed by atoms with Gasteiger partial charge in [-0.1, -0.05) is 18.2 Å². The number of pyridine rings is 1. The molecule has 3 rings (SSSR count). The van der Waals surface area contributed by atoms with E-state index in [2.05, 4.69) is 15.0 Å². The van der Waals surface area contributed by atoms with Crippen molar-refractivity contribution in [1.29, 1.82) is 0 Å². The summed E-state index contributed by atoms with van der Waals surface area (Å²) in [5.41, 5.74) is 2.16. The van der Waals surface area contributed by atoms with Crippen molar-refractivity contribution in [2.45, 2.75) is 0 Å². The Kier molecular flexibility index (Phi) is 4.65. The van der Waals surface area contributed by atoms with Gasteiger partial charge >= 0.3 is 5.97 Å². The molecule has 0 radical (unpaired) electrons. The van der Waals surface area contributed by atoms with E-state index >= 15 is 0 Å². The molecule has 0 aliphatic heterocycles. The molecule has 0 saturated heterocycles. The highest BCUT2D eigenvalue weighted by molar-refractivity contribution is 5.96. The van der Waals surface area contributed by atoms with Gasteiger partial charge in [0.2, 0.25) is 5.82 Å². The average molecular weight is 339 g/mol. The Labute approximate surface area is 144 Å². The van der Waals surface area contributed by atoms with E-state index in [-0.39, 0.29) is 12.4 Å². The van der Waals surface area contributed by atoms with Gasteiger partial charge in [-0.2, -0.15) is 0 Å². The smallest absolute Gasteiger partial charge is 0.325 e. The normalized spacial score (nSPS) is 10.5. The molecular formula is C18H17N3O4. The van der Waals surface area contributed by atoms with Gasteiger partial charge in [-0.15, -0.1) is 0 Å². The lowest BCUT2D eigenvalue weighted by Gasteiger charge is -2.05. The van der Waals surface area contributed by atoms with Gasteiger partial charge in [0.05, 0.1) is 19.7 Å². The van der Waals surface area contributed by atoms with Crippen LogP contribution in [0.3, 0.4) is 0 Å². The largest absolute Gasteiger partial charge is 0.496 e. The summed E-state index contributed by atoms with van der Waals surface area (Å²) < 4.78 is 11.6. The predicted octanol–water partition coefficient (Wildman–Crippen LogP) is 1.91. The molecule has 1 aromatic carbocycles. The number of fused-ring (bicyclic) bond motifs is 1. The lowest BCUT2D eigenvalue weighted by molar-refractivity contribution is -0.139. The lowest BCUT2D eigenvalue weighted by atomic mass is 10.1. The Balaban J connectivity index is 2.07. The fourth-order valence-electron chi connectivity index (χ4n) is 2.54. The number of hydrogen-bond acceptors (Lipinski definition) is 5. The standard InChI is InChI=1S/C18H17N3O4/c1-24-14-9-4-3-7-12(14)16-13-8-5-6-10-21(13)17(20-16)18(23)19-11-15(22)25-2/h3-10H,11H2,1-2H3,(H,19,23). The molecule has 3 aromatic rings. The van der Waals surface area contributed by atoms with Gasteiger partial charge in [0, 0.05) is 11.8 Å². The minimum absolute atomic E-state index is 0.181. The van der Waals surface area contributed by atoms with E-state index in [9.17, 15) is 9.59 Å². The molecule has 25 heavy (non-hydrogen) atoms. The van der Waals surface area contributed by atoms with Crippen LogP contribution in [0.15, 0.2) is 48.7 Å². The number of esters is 1. The zero-order valence-electron chi connectivity index (χ0n) is 13.9. The van der Waals surface area contributed by atoms with Gasteiger partial charge in [-0.3, -0.25) is 14.0 Å². The van der Waals surface area contributed by atoms with Crippen molar-refractivity contribution in [2.75, 3.05) is 20.8 Å². The molecule has 0 aliphatic rings.